The number of imidazole rings is 1. The van der Waals surface area contributed by atoms with Crippen molar-refractivity contribution in [3.63, 3.8) is 0 Å². The molecule has 18 heteroatoms. The monoisotopic (exact) mass is 626 g/mol. The van der Waals surface area contributed by atoms with Crippen molar-refractivity contribution in [2.24, 2.45) is 4.99 Å². The van der Waals surface area contributed by atoms with Gasteiger partial charge in [0, 0.05) is 38.6 Å². The molecule has 18 nitrogen and oxygen atoms in total. The van der Waals surface area contributed by atoms with Crippen LogP contribution in [0.15, 0.2) is 51.4 Å². The van der Waals surface area contributed by atoms with Gasteiger partial charge in [-0.3, -0.25) is 34.0 Å². The second kappa shape index (κ2) is 13.5. The number of carbonyl (C=O) groups is 2. The number of guanidine groups is 1. The standard InChI is InChI=1S/C27H30N8O10/c1-14(36)43-12-20-19(44-15(2)37)9-21(45-20)34-13-30-22-23(34)31-26(28-10-17-11-29-27(39)32-24(17)38)33-25(22)42-8-7-16-3-5-18(6-4-16)35(40)41/h3-6,11,13,19-21,25H,7-10,12H2,1-2H3,(H2,28,31,33)(H2,29,32,38,39)/t19-,20+,21+,25?/m0/s1. The Balaban J connectivity index is 1.38. The number of H-pyrrole nitrogens is 2. The Morgan fingerprint density at radius 1 is 1.20 bits per heavy atom. The van der Waals surface area contributed by atoms with Crippen LogP contribution in [0.5, 0.6) is 0 Å². The fourth-order valence-corrected chi connectivity index (χ4v) is 4.82. The van der Waals surface area contributed by atoms with E-state index in [-0.39, 0.29) is 43.4 Å². The van der Waals surface area contributed by atoms with Gasteiger partial charge in [-0.05, 0) is 12.0 Å². The minimum absolute atomic E-state index is 0.0165. The number of nitro benzene ring substituents is 1. The zero-order chi connectivity index (χ0) is 32.1. The fourth-order valence-electron chi connectivity index (χ4n) is 4.82. The smallest absolute Gasteiger partial charge is 0.325 e. The maximum Gasteiger partial charge on any atom is 0.325 e. The summed E-state index contributed by atoms with van der Waals surface area (Å²) in [5.41, 5.74) is 0.234. The number of rotatable bonds is 11. The number of nitro groups is 1. The normalized spacial score (nSPS) is 21.4. The average Bonchev–Trinajstić information content (AvgIpc) is 3.59. The first-order valence-electron chi connectivity index (χ1n) is 13.8. The maximum absolute atomic E-state index is 12.2. The molecule has 0 bridgehead atoms. The van der Waals surface area contributed by atoms with Gasteiger partial charge in [0.25, 0.3) is 11.2 Å². The van der Waals surface area contributed by atoms with Crippen LogP contribution in [0.25, 0.3) is 0 Å². The molecule has 1 unspecified atom stereocenters. The van der Waals surface area contributed by atoms with Crippen LogP contribution in [-0.2, 0) is 41.5 Å². The fraction of sp³-hybridized carbons (Fsp3) is 0.407. The van der Waals surface area contributed by atoms with E-state index in [1.165, 1.54) is 38.5 Å². The number of anilines is 1. The third kappa shape index (κ3) is 7.60. The lowest BCUT2D eigenvalue weighted by molar-refractivity contribution is -0.384. The number of nitrogens with one attached hydrogen (secondary N) is 4. The van der Waals surface area contributed by atoms with Crippen molar-refractivity contribution >= 4 is 29.4 Å². The molecule has 2 aliphatic heterocycles. The van der Waals surface area contributed by atoms with Gasteiger partial charge in [-0.1, -0.05) is 12.1 Å². The molecule has 4 atom stereocenters. The van der Waals surface area contributed by atoms with Gasteiger partial charge in [0.05, 0.1) is 30.0 Å². The van der Waals surface area contributed by atoms with E-state index in [9.17, 15) is 29.3 Å². The van der Waals surface area contributed by atoms with E-state index in [1.54, 1.807) is 16.7 Å². The van der Waals surface area contributed by atoms with Crippen LogP contribution < -0.4 is 21.9 Å². The van der Waals surface area contributed by atoms with Crippen LogP contribution in [0, 0.1) is 10.1 Å². The minimum Gasteiger partial charge on any atom is -0.463 e. The summed E-state index contributed by atoms with van der Waals surface area (Å²) >= 11 is 0. The average molecular weight is 627 g/mol. The number of aromatic amines is 2. The minimum atomic E-state index is -0.810. The van der Waals surface area contributed by atoms with Crippen molar-refractivity contribution in [1.29, 1.82) is 0 Å². The van der Waals surface area contributed by atoms with E-state index in [2.05, 4.69) is 30.6 Å². The van der Waals surface area contributed by atoms with E-state index in [4.69, 9.17) is 18.9 Å². The Bertz CT molecular complexity index is 1710. The molecule has 2 aromatic heterocycles. The number of fused-ring (bicyclic) bond motifs is 1. The van der Waals surface area contributed by atoms with E-state index in [0.717, 1.165) is 5.56 Å². The molecule has 1 saturated heterocycles. The topological polar surface area (TPSA) is 234 Å². The van der Waals surface area contributed by atoms with Gasteiger partial charge in [-0.2, -0.15) is 0 Å². The summed E-state index contributed by atoms with van der Waals surface area (Å²) in [7, 11) is 0. The first-order chi connectivity index (χ1) is 21.6. The van der Waals surface area contributed by atoms with Gasteiger partial charge < -0.3 is 34.6 Å². The third-order valence-electron chi connectivity index (χ3n) is 6.96. The molecule has 5 rings (SSSR count). The number of ether oxygens (including phenoxy) is 4. The lowest BCUT2D eigenvalue weighted by atomic mass is 10.1. The molecule has 1 fully saturated rings. The molecule has 0 spiro atoms. The first-order valence-corrected chi connectivity index (χ1v) is 13.8. The molecule has 4 N–H and O–H groups in total. The molecule has 2 aliphatic rings. The van der Waals surface area contributed by atoms with Gasteiger partial charge >= 0.3 is 17.6 Å². The van der Waals surface area contributed by atoms with Gasteiger partial charge in [-0.25, -0.2) is 14.8 Å². The number of hydrogen-bond acceptors (Lipinski definition) is 12. The highest BCUT2D eigenvalue weighted by Crippen LogP contribution is 2.37. The number of benzene rings is 1. The Kier molecular flexibility index (Phi) is 9.33. The number of aromatic nitrogens is 4. The van der Waals surface area contributed by atoms with Gasteiger partial charge in [-0.15, -0.1) is 0 Å². The number of non-ortho nitro benzene ring substituents is 1. The van der Waals surface area contributed by atoms with E-state index < -0.39 is 52.8 Å². The second-order valence-electron chi connectivity index (χ2n) is 10.2. The van der Waals surface area contributed by atoms with Crippen LogP contribution in [0.4, 0.5) is 11.5 Å². The number of carbonyl (C=O) groups excluding carboxylic acids is 2. The summed E-state index contributed by atoms with van der Waals surface area (Å²) in [6, 6.07) is 6.13. The molecular weight excluding hydrogens is 596 g/mol. The van der Waals surface area contributed by atoms with Crippen molar-refractivity contribution in [3.05, 3.63) is 84.6 Å². The van der Waals surface area contributed by atoms with Crippen molar-refractivity contribution in [2.75, 3.05) is 18.5 Å². The molecule has 0 saturated carbocycles. The SMILES string of the molecule is CC(=O)OC[C@H]1O[C@@H](n2cnc3c2NC(=NCc2c[nH]c(=O)[nH]c2=O)NC3OCCc2ccc([N+](=O)[O-])cc2)C[C@@H]1OC(C)=O. The van der Waals surface area contributed by atoms with Crippen LogP contribution in [0.1, 0.15) is 49.5 Å². The Morgan fingerprint density at radius 3 is 2.67 bits per heavy atom. The van der Waals surface area contributed by atoms with E-state index in [1.807, 2.05) is 0 Å². The van der Waals surface area contributed by atoms with Crippen LogP contribution in [0.2, 0.25) is 0 Å². The van der Waals surface area contributed by atoms with Gasteiger partial charge in [0.1, 0.15) is 36.6 Å². The van der Waals surface area contributed by atoms with Crippen LogP contribution in [0.3, 0.4) is 0 Å². The van der Waals surface area contributed by atoms with Crippen LogP contribution >= 0.6 is 0 Å². The van der Waals surface area contributed by atoms with E-state index in [0.29, 0.717) is 17.9 Å². The molecular formula is C27H30N8O10. The summed E-state index contributed by atoms with van der Waals surface area (Å²) in [4.78, 5) is 70.7. The summed E-state index contributed by atoms with van der Waals surface area (Å²) in [5, 5.41) is 17.2. The predicted molar refractivity (Wildman–Crippen MR) is 154 cm³/mol. The zero-order valence-electron chi connectivity index (χ0n) is 24.2. The Hall–Kier alpha value is -5.36. The maximum atomic E-state index is 12.2. The van der Waals surface area contributed by atoms with Crippen molar-refractivity contribution < 1.29 is 33.5 Å². The number of hydrogen-bond donors (Lipinski definition) is 4. The molecule has 0 radical (unpaired) electrons. The summed E-state index contributed by atoms with van der Waals surface area (Å²) in [6.45, 7) is 2.52. The number of nitrogens with zero attached hydrogens (tertiary/aromatic N) is 4. The predicted octanol–water partition coefficient (Wildman–Crippen LogP) is 0.779. The molecule has 0 aliphatic carbocycles. The summed E-state index contributed by atoms with van der Waals surface area (Å²) in [5.74, 6) is -0.350. The van der Waals surface area contributed by atoms with Gasteiger partial charge in [0.2, 0.25) is 0 Å². The van der Waals surface area contributed by atoms with Gasteiger partial charge in [0.15, 0.2) is 12.2 Å². The highest BCUT2D eigenvalue weighted by atomic mass is 16.6. The highest BCUT2D eigenvalue weighted by Gasteiger charge is 2.41. The van der Waals surface area contributed by atoms with E-state index >= 15 is 0 Å². The Labute approximate surface area is 253 Å². The van der Waals surface area contributed by atoms with Crippen molar-refractivity contribution in [2.45, 2.75) is 57.9 Å². The molecule has 238 valence electrons. The van der Waals surface area contributed by atoms with Crippen LogP contribution in [-0.4, -0.2) is 67.8 Å². The zero-order valence-corrected chi connectivity index (χ0v) is 24.2. The molecule has 4 heterocycles. The lowest BCUT2D eigenvalue weighted by Crippen LogP contribution is -2.41. The largest absolute Gasteiger partial charge is 0.463 e. The molecule has 3 aromatic rings. The summed E-state index contributed by atoms with van der Waals surface area (Å²) in [6.07, 6.45) is 0.548. The first kappa shape index (κ1) is 31.1. The van der Waals surface area contributed by atoms with Crippen molar-refractivity contribution in [1.82, 2.24) is 24.8 Å². The number of aliphatic imine (C=N–C) groups is 1. The highest BCUT2D eigenvalue weighted by molar-refractivity contribution is 5.95. The summed E-state index contributed by atoms with van der Waals surface area (Å²) < 4.78 is 24.5. The Morgan fingerprint density at radius 2 is 1.98 bits per heavy atom. The second-order valence-corrected chi connectivity index (χ2v) is 10.2. The quantitative estimate of drug-likeness (QED) is 0.131. The molecule has 45 heavy (non-hydrogen) atoms. The van der Waals surface area contributed by atoms with Crippen molar-refractivity contribution in [3.8, 4) is 0 Å². The third-order valence-corrected chi connectivity index (χ3v) is 6.96. The molecule has 1 aromatic carbocycles. The number of esters is 2. The lowest BCUT2D eigenvalue weighted by Gasteiger charge is -2.28. The molecule has 0 amide bonds.